The minimum Gasteiger partial charge on any atom is -0.462 e. The summed E-state index contributed by atoms with van der Waals surface area (Å²) >= 11 is 0. The third kappa shape index (κ3) is 4.69. The molecule has 0 amide bonds. The summed E-state index contributed by atoms with van der Waals surface area (Å²) in [5.74, 6) is 0.562. The summed E-state index contributed by atoms with van der Waals surface area (Å²) in [6.07, 6.45) is -0.0960. The topological polar surface area (TPSA) is 47.6 Å². The van der Waals surface area contributed by atoms with Crippen LogP contribution in [0.3, 0.4) is 0 Å². The number of rotatable bonds is 6. The molecule has 0 saturated carbocycles. The molecule has 0 aliphatic carbocycles. The van der Waals surface area contributed by atoms with Gasteiger partial charge in [-0.25, -0.2) is 0 Å². The van der Waals surface area contributed by atoms with Crippen molar-refractivity contribution in [3.63, 3.8) is 0 Å². The number of carbonyl (C=O) groups is 1. The van der Waals surface area contributed by atoms with Crippen LogP contribution in [0.2, 0.25) is 0 Å². The van der Waals surface area contributed by atoms with Crippen molar-refractivity contribution in [3.8, 4) is 5.75 Å². The number of hydrogen-bond acceptors (Lipinski definition) is 4. The third-order valence-electron chi connectivity index (χ3n) is 2.80. The van der Waals surface area contributed by atoms with Crippen LogP contribution in [0.5, 0.6) is 5.75 Å². The third-order valence-corrected chi connectivity index (χ3v) is 3.87. The molecule has 4 nitrogen and oxygen atoms in total. The summed E-state index contributed by atoms with van der Waals surface area (Å²) in [5, 5.41) is 5.28. The molecule has 0 bridgehead atoms. The zero-order valence-corrected chi connectivity index (χ0v) is 13.4. The van der Waals surface area contributed by atoms with Crippen LogP contribution in [0, 0.1) is 0 Å². The predicted octanol–water partition coefficient (Wildman–Crippen LogP) is 3.70. The fourth-order valence-electron chi connectivity index (χ4n) is 1.94. The number of fused-ring (bicyclic) bond motifs is 1. The molecule has 112 valence electrons. The Bertz CT molecular complexity index is 610. The van der Waals surface area contributed by atoms with E-state index in [1.54, 1.807) is 0 Å². The van der Waals surface area contributed by atoms with Crippen LogP contribution in [-0.2, 0) is 9.53 Å². The van der Waals surface area contributed by atoms with Crippen molar-refractivity contribution in [2.24, 2.45) is 0 Å². The van der Waals surface area contributed by atoms with E-state index in [1.165, 1.54) is 0 Å². The van der Waals surface area contributed by atoms with Gasteiger partial charge in [0.1, 0.15) is 12.3 Å². The minimum atomic E-state index is -0.938. The van der Waals surface area contributed by atoms with Crippen LogP contribution >= 0.6 is 8.30 Å². The lowest BCUT2D eigenvalue weighted by Crippen LogP contribution is -2.24. The van der Waals surface area contributed by atoms with Gasteiger partial charge in [-0.1, -0.05) is 36.4 Å². The lowest BCUT2D eigenvalue weighted by Gasteiger charge is -2.17. The molecular weight excluding hydrogens is 285 g/mol. The molecule has 0 radical (unpaired) electrons. The minimum absolute atomic E-state index is 0.0960. The molecular formula is C16H20NO3P. The van der Waals surface area contributed by atoms with Crippen molar-refractivity contribution >= 4 is 25.0 Å². The van der Waals surface area contributed by atoms with Crippen LogP contribution in [-0.4, -0.2) is 25.3 Å². The van der Waals surface area contributed by atoms with Gasteiger partial charge in [-0.15, -0.1) is 0 Å². The number of esters is 1. The van der Waals surface area contributed by atoms with E-state index in [0.29, 0.717) is 0 Å². The number of benzene rings is 2. The molecule has 0 aliphatic rings. The maximum Gasteiger partial charge on any atom is 0.320 e. The van der Waals surface area contributed by atoms with E-state index in [0.717, 1.165) is 16.5 Å². The zero-order chi connectivity index (χ0) is 15.2. The molecule has 2 aromatic carbocycles. The van der Waals surface area contributed by atoms with E-state index in [4.69, 9.17) is 9.26 Å². The van der Waals surface area contributed by atoms with Gasteiger partial charge < -0.3 is 9.26 Å². The highest BCUT2D eigenvalue weighted by molar-refractivity contribution is 7.49. The second-order valence-corrected chi connectivity index (χ2v) is 6.43. The first-order valence-corrected chi connectivity index (χ1v) is 8.59. The van der Waals surface area contributed by atoms with Gasteiger partial charge in [0.2, 0.25) is 0 Å². The van der Waals surface area contributed by atoms with Gasteiger partial charge >= 0.3 is 5.97 Å². The van der Waals surface area contributed by atoms with Crippen molar-refractivity contribution < 1.29 is 14.1 Å². The second-order valence-electron chi connectivity index (χ2n) is 4.94. The average Bonchev–Trinajstić information content (AvgIpc) is 2.45. The van der Waals surface area contributed by atoms with Gasteiger partial charge in [0.15, 0.2) is 8.30 Å². The highest BCUT2D eigenvalue weighted by Crippen LogP contribution is 2.34. The molecule has 0 aliphatic heterocycles. The number of ether oxygens (including phenoxy) is 1. The van der Waals surface area contributed by atoms with Gasteiger partial charge in [0, 0.05) is 12.1 Å². The highest BCUT2D eigenvalue weighted by Gasteiger charge is 2.11. The molecule has 21 heavy (non-hydrogen) atoms. The molecule has 0 heterocycles. The van der Waals surface area contributed by atoms with Crippen molar-refractivity contribution in [2.45, 2.75) is 20.0 Å². The van der Waals surface area contributed by atoms with Gasteiger partial charge in [-0.2, -0.15) is 0 Å². The molecule has 0 aromatic heterocycles. The lowest BCUT2D eigenvalue weighted by atomic mass is 10.1. The largest absolute Gasteiger partial charge is 0.462 e. The quantitative estimate of drug-likeness (QED) is 0.653. The molecule has 0 fully saturated rings. The summed E-state index contributed by atoms with van der Waals surface area (Å²) in [4.78, 5) is 11.5. The van der Waals surface area contributed by atoms with E-state index in [2.05, 4.69) is 5.09 Å². The first-order chi connectivity index (χ1) is 10.1. The molecule has 0 saturated heterocycles. The summed E-state index contributed by atoms with van der Waals surface area (Å²) in [6, 6.07) is 14.0. The summed E-state index contributed by atoms with van der Waals surface area (Å²) < 4.78 is 11.0. The number of nitrogens with one attached hydrogen (secondary N) is 1. The van der Waals surface area contributed by atoms with E-state index >= 15 is 0 Å². The van der Waals surface area contributed by atoms with E-state index in [9.17, 15) is 4.79 Å². The maximum atomic E-state index is 11.5. The van der Waals surface area contributed by atoms with Crippen LogP contribution in [0.4, 0.5) is 0 Å². The summed E-state index contributed by atoms with van der Waals surface area (Å²) in [6.45, 7) is 5.75. The normalized spacial score (nSPS) is 12.4. The predicted molar refractivity (Wildman–Crippen MR) is 86.7 cm³/mol. The molecule has 1 atom stereocenters. The Morgan fingerprint density at radius 3 is 2.67 bits per heavy atom. The standard InChI is InChI=1S/C16H20NO3P/c1-12(2)19-16(18)11-17-21(3)20-15-10-6-8-13-7-4-5-9-14(13)15/h4-10,12,17H,11H2,1-3H3. The van der Waals surface area contributed by atoms with Gasteiger partial charge in [0.05, 0.1) is 6.10 Å². The second kappa shape index (κ2) is 7.39. The van der Waals surface area contributed by atoms with Crippen LogP contribution in [0.15, 0.2) is 42.5 Å². The molecule has 1 N–H and O–H groups in total. The molecule has 2 rings (SSSR count). The first-order valence-electron chi connectivity index (χ1n) is 6.88. The van der Waals surface area contributed by atoms with Crippen molar-refractivity contribution in [3.05, 3.63) is 42.5 Å². The van der Waals surface area contributed by atoms with Crippen LogP contribution < -0.4 is 9.61 Å². The maximum absolute atomic E-state index is 11.5. The van der Waals surface area contributed by atoms with Crippen LogP contribution in [0.1, 0.15) is 13.8 Å². The molecule has 5 heteroatoms. The highest BCUT2D eigenvalue weighted by atomic mass is 31.2. The molecule has 1 unspecified atom stereocenters. The Labute approximate surface area is 126 Å². The summed E-state index contributed by atoms with van der Waals surface area (Å²) in [7, 11) is -0.938. The van der Waals surface area contributed by atoms with Gasteiger partial charge in [-0.05, 0) is 25.3 Å². The SMILES string of the molecule is CC(C)OC(=O)CNP(C)Oc1cccc2ccccc12. The van der Waals surface area contributed by atoms with Gasteiger partial charge in [-0.3, -0.25) is 9.88 Å². The van der Waals surface area contributed by atoms with Gasteiger partial charge in [0.25, 0.3) is 0 Å². The van der Waals surface area contributed by atoms with Crippen molar-refractivity contribution in [1.29, 1.82) is 0 Å². The smallest absolute Gasteiger partial charge is 0.320 e. The summed E-state index contributed by atoms with van der Waals surface area (Å²) in [5.41, 5.74) is 0. The first kappa shape index (κ1) is 15.7. The fraction of sp³-hybridized carbons (Fsp3) is 0.312. The Balaban J connectivity index is 1.95. The fourth-order valence-corrected chi connectivity index (χ4v) is 2.81. The van der Waals surface area contributed by atoms with E-state index < -0.39 is 8.30 Å². The zero-order valence-electron chi connectivity index (χ0n) is 12.5. The monoisotopic (exact) mass is 305 g/mol. The Morgan fingerprint density at radius 2 is 1.90 bits per heavy atom. The number of hydrogen-bond donors (Lipinski definition) is 1. The van der Waals surface area contributed by atoms with E-state index in [-0.39, 0.29) is 18.6 Å². The van der Waals surface area contributed by atoms with Crippen LogP contribution in [0.25, 0.3) is 10.8 Å². The Hall–Kier alpha value is -1.64. The molecule has 0 spiro atoms. The average molecular weight is 305 g/mol. The Kier molecular flexibility index (Phi) is 5.54. The molecule has 2 aromatic rings. The van der Waals surface area contributed by atoms with Crippen molar-refractivity contribution in [2.75, 3.05) is 13.2 Å². The number of carbonyl (C=O) groups excluding carboxylic acids is 1. The van der Waals surface area contributed by atoms with E-state index in [1.807, 2.05) is 63.0 Å². The van der Waals surface area contributed by atoms with Crippen molar-refractivity contribution in [1.82, 2.24) is 5.09 Å². The lowest BCUT2D eigenvalue weighted by molar-refractivity contribution is -0.145. The Morgan fingerprint density at radius 1 is 1.19 bits per heavy atom.